The summed E-state index contributed by atoms with van der Waals surface area (Å²) in [6, 6.07) is -0.126. The minimum Gasteiger partial charge on any atom is -0.366 e. The molecule has 1 fully saturated rings. The largest absolute Gasteiger partial charge is 0.366 e. The topological polar surface area (TPSA) is 134 Å². The number of rotatable bonds is 3. The van der Waals surface area contributed by atoms with Crippen LogP contribution in [0.2, 0.25) is 0 Å². The van der Waals surface area contributed by atoms with Gasteiger partial charge in [0.15, 0.2) is 0 Å². The highest BCUT2D eigenvalue weighted by atomic mass is 32.2. The number of sulfonamides is 1. The highest BCUT2D eigenvalue weighted by Crippen LogP contribution is 2.13. The van der Waals surface area contributed by atoms with Crippen molar-refractivity contribution in [1.29, 1.82) is 0 Å². The zero-order chi connectivity index (χ0) is 14.0. The Balaban J connectivity index is 1.91. The Morgan fingerprint density at radius 3 is 2.58 bits per heavy atom. The van der Waals surface area contributed by atoms with Crippen molar-refractivity contribution in [2.75, 3.05) is 25.1 Å². The van der Waals surface area contributed by atoms with Gasteiger partial charge in [0.25, 0.3) is 5.91 Å². The van der Waals surface area contributed by atoms with E-state index < -0.39 is 10.0 Å². The van der Waals surface area contributed by atoms with Gasteiger partial charge in [0.05, 0.1) is 6.26 Å². The van der Waals surface area contributed by atoms with Crippen molar-refractivity contribution < 1.29 is 13.2 Å². The van der Waals surface area contributed by atoms with Crippen LogP contribution in [0.3, 0.4) is 0 Å². The molecule has 0 bridgehead atoms. The molecule has 10 heteroatoms. The molecule has 0 saturated carbocycles. The van der Waals surface area contributed by atoms with Gasteiger partial charge in [-0.15, -0.1) is 5.10 Å². The van der Waals surface area contributed by atoms with Gasteiger partial charge in [-0.05, 0) is 12.8 Å². The maximum absolute atomic E-state index is 12.0. The third-order valence-electron chi connectivity index (χ3n) is 2.87. The van der Waals surface area contributed by atoms with E-state index in [0.29, 0.717) is 25.9 Å². The third-order valence-corrected chi connectivity index (χ3v) is 3.63. The van der Waals surface area contributed by atoms with E-state index in [2.05, 4.69) is 19.9 Å². The molecule has 0 radical (unpaired) electrons. The van der Waals surface area contributed by atoms with Crippen molar-refractivity contribution in [2.45, 2.75) is 18.9 Å². The lowest BCUT2D eigenvalue weighted by Gasteiger charge is -2.31. The maximum atomic E-state index is 12.0. The van der Waals surface area contributed by atoms with Crippen molar-refractivity contribution >= 4 is 21.9 Å². The summed E-state index contributed by atoms with van der Waals surface area (Å²) in [6.07, 6.45) is 2.27. The Kier molecular flexibility index (Phi) is 3.71. The number of H-pyrrole nitrogens is 1. The van der Waals surface area contributed by atoms with Gasteiger partial charge in [-0.1, -0.05) is 0 Å². The van der Waals surface area contributed by atoms with E-state index in [1.807, 2.05) is 0 Å². The molecule has 9 nitrogen and oxygen atoms in total. The predicted octanol–water partition coefficient (Wildman–Crippen LogP) is -1.46. The molecule has 1 aromatic rings. The Morgan fingerprint density at radius 1 is 1.47 bits per heavy atom. The van der Waals surface area contributed by atoms with E-state index in [9.17, 15) is 13.2 Å². The maximum Gasteiger partial charge on any atom is 0.291 e. The quantitative estimate of drug-likeness (QED) is 0.622. The summed E-state index contributed by atoms with van der Waals surface area (Å²) in [5.74, 6) is -0.147. The van der Waals surface area contributed by atoms with Crippen LogP contribution in [0.5, 0.6) is 0 Å². The number of nitrogens with zero attached hydrogens (tertiary/aromatic N) is 3. The summed E-state index contributed by atoms with van der Waals surface area (Å²) in [5, 5.41) is 6.06. The number of nitrogens with two attached hydrogens (primary N) is 1. The lowest BCUT2D eigenvalue weighted by Crippen LogP contribution is -2.46. The fourth-order valence-corrected chi connectivity index (χ4v) is 2.86. The molecule has 1 aromatic heterocycles. The molecule has 0 aliphatic carbocycles. The molecule has 2 heterocycles. The summed E-state index contributed by atoms with van der Waals surface area (Å²) < 4.78 is 24.8. The Bertz CT molecular complexity index is 560. The molecule has 1 amide bonds. The van der Waals surface area contributed by atoms with Gasteiger partial charge in [-0.2, -0.15) is 4.98 Å². The van der Waals surface area contributed by atoms with E-state index >= 15 is 0 Å². The minimum atomic E-state index is -3.21. The third kappa shape index (κ3) is 3.64. The van der Waals surface area contributed by atoms with Crippen LogP contribution in [0.25, 0.3) is 0 Å². The normalized spacial score (nSPS) is 17.6. The summed E-state index contributed by atoms with van der Waals surface area (Å²) in [4.78, 5) is 17.4. The van der Waals surface area contributed by atoms with Crippen molar-refractivity contribution in [3.63, 3.8) is 0 Å². The van der Waals surface area contributed by atoms with Crippen molar-refractivity contribution in [3.05, 3.63) is 5.82 Å². The molecule has 4 N–H and O–H groups in total. The molecule has 106 valence electrons. The standard InChI is InChI=1S/C9H16N6O3S/c1-19(17,18)14-6-2-4-15(5-3-6)8(16)7-11-9(10)13-12-7/h6,14H,2-5H2,1H3,(H3,10,11,12,13). The number of hydrogen-bond acceptors (Lipinski definition) is 6. The number of carbonyl (C=O) groups excluding carboxylic acids is 1. The van der Waals surface area contributed by atoms with Crippen LogP contribution < -0.4 is 10.5 Å². The lowest BCUT2D eigenvalue weighted by atomic mass is 10.1. The smallest absolute Gasteiger partial charge is 0.291 e. The zero-order valence-corrected chi connectivity index (χ0v) is 11.3. The van der Waals surface area contributed by atoms with Crippen molar-refractivity contribution in [1.82, 2.24) is 24.8 Å². The number of piperidine rings is 1. The first-order valence-corrected chi connectivity index (χ1v) is 7.69. The highest BCUT2D eigenvalue weighted by molar-refractivity contribution is 7.88. The number of likely N-dealkylation sites (tertiary alicyclic amines) is 1. The average molecular weight is 288 g/mol. The molecule has 2 rings (SSSR count). The summed E-state index contributed by atoms with van der Waals surface area (Å²) >= 11 is 0. The second-order valence-corrected chi connectivity index (χ2v) is 6.28. The van der Waals surface area contributed by atoms with Gasteiger partial charge in [-0.3, -0.25) is 9.89 Å². The first kappa shape index (κ1) is 13.7. The molecule has 0 atom stereocenters. The van der Waals surface area contributed by atoms with Gasteiger partial charge < -0.3 is 10.6 Å². The molecule has 1 aliphatic heterocycles. The predicted molar refractivity (Wildman–Crippen MR) is 67.7 cm³/mol. The van der Waals surface area contributed by atoms with Crippen LogP contribution in [0.15, 0.2) is 0 Å². The summed E-state index contributed by atoms with van der Waals surface area (Å²) in [6.45, 7) is 0.930. The minimum absolute atomic E-state index is 0.0250. The van der Waals surface area contributed by atoms with Crippen LogP contribution in [-0.2, 0) is 10.0 Å². The van der Waals surface area contributed by atoms with Gasteiger partial charge in [0, 0.05) is 19.1 Å². The number of nitrogen functional groups attached to an aromatic ring is 1. The number of aromatic nitrogens is 3. The average Bonchev–Trinajstić information content (AvgIpc) is 2.74. The lowest BCUT2D eigenvalue weighted by molar-refractivity contribution is 0.0699. The fraction of sp³-hybridized carbons (Fsp3) is 0.667. The van der Waals surface area contributed by atoms with E-state index in [-0.39, 0.29) is 23.7 Å². The molecule has 1 aliphatic rings. The molecule has 19 heavy (non-hydrogen) atoms. The SMILES string of the molecule is CS(=O)(=O)NC1CCN(C(=O)c2nc(N)n[nH]2)CC1. The van der Waals surface area contributed by atoms with Gasteiger partial charge in [0.2, 0.25) is 21.8 Å². The number of aromatic amines is 1. The second-order valence-electron chi connectivity index (χ2n) is 4.50. The van der Waals surface area contributed by atoms with E-state index in [1.165, 1.54) is 0 Å². The Morgan fingerprint density at radius 2 is 2.11 bits per heavy atom. The molecule has 0 unspecified atom stereocenters. The first-order valence-electron chi connectivity index (χ1n) is 5.79. The van der Waals surface area contributed by atoms with Crippen LogP contribution in [0.4, 0.5) is 5.95 Å². The first-order chi connectivity index (χ1) is 8.85. The second kappa shape index (κ2) is 5.13. The molecule has 0 aromatic carbocycles. The monoisotopic (exact) mass is 288 g/mol. The molecular weight excluding hydrogens is 272 g/mol. The van der Waals surface area contributed by atoms with Gasteiger partial charge in [0.1, 0.15) is 0 Å². The number of hydrogen-bond donors (Lipinski definition) is 3. The Labute approximate surface area is 110 Å². The van der Waals surface area contributed by atoms with Crippen LogP contribution in [0.1, 0.15) is 23.5 Å². The van der Waals surface area contributed by atoms with Crippen molar-refractivity contribution in [2.24, 2.45) is 0 Å². The van der Waals surface area contributed by atoms with Crippen LogP contribution in [-0.4, -0.2) is 59.8 Å². The van der Waals surface area contributed by atoms with Gasteiger partial charge in [-0.25, -0.2) is 13.1 Å². The number of nitrogens with one attached hydrogen (secondary N) is 2. The van der Waals surface area contributed by atoms with E-state index in [0.717, 1.165) is 6.26 Å². The fourth-order valence-electron chi connectivity index (χ4n) is 2.02. The Hall–Kier alpha value is -1.68. The van der Waals surface area contributed by atoms with Gasteiger partial charge >= 0.3 is 0 Å². The molecular formula is C9H16N6O3S. The van der Waals surface area contributed by atoms with Crippen molar-refractivity contribution in [3.8, 4) is 0 Å². The number of anilines is 1. The number of carbonyl (C=O) groups is 1. The van der Waals surface area contributed by atoms with E-state index in [4.69, 9.17) is 5.73 Å². The number of amides is 1. The van der Waals surface area contributed by atoms with E-state index in [1.54, 1.807) is 4.90 Å². The van der Waals surface area contributed by atoms with Crippen LogP contribution in [0, 0.1) is 0 Å². The molecule has 0 spiro atoms. The van der Waals surface area contributed by atoms with Crippen LogP contribution >= 0.6 is 0 Å². The zero-order valence-electron chi connectivity index (χ0n) is 10.5. The summed E-state index contributed by atoms with van der Waals surface area (Å²) in [5.41, 5.74) is 5.34. The summed E-state index contributed by atoms with van der Waals surface area (Å²) in [7, 11) is -3.21. The highest BCUT2D eigenvalue weighted by Gasteiger charge is 2.26. The molecule has 1 saturated heterocycles.